The van der Waals surface area contributed by atoms with E-state index in [9.17, 15) is 5.11 Å². The van der Waals surface area contributed by atoms with Crippen LogP contribution in [-0.2, 0) is 11.2 Å². The summed E-state index contributed by atoms with van der Waals surface area (Å²) in [5, 5.41) is 23.1. The van der Waals surface area contributed by atoms with Crippen LogP contribution in [0.1, 0.15) is 26.0 Å². The Balaban J connectivity index is 0.000000791. The van der Waals surface area contributed by atoms with E-state index in [1.165, 1.54) is 0 Å². The molecule has 2 N–H and O–H groups in total. The van der Waals surface area contributed by atoms with Crippen LogP contribution in [0.3, 0.4) is 0 Å². The van der Waals surface area contributed by atoms with Crippen molar-refractivity contribution in [2.24, 2.45) is 0 Å². The highest BCUT2D eigenvalue weighted by atomic mass is 16.3. The van der Waals surface area contributed by atoms with Gasteiger partial charge in [-0.25, -0.2) is 4.68 Å². The lowest BCUT2D eigenvalue weighted by Crippen LogP contribution is -1.99. The van der Waals surface area contributed by atoms with E-state index in [0.717, 1.165) is 29.1 Å². The average molecular weight is 354 g/mol. The molecule has 2 aromatic carbocycles. The Labute approximate surface area is 154 Å². The first-order chi connectivity index (χ1) is 12.8. The predicted octanol–water partition coefficient (Wildman–Crippen LogP) is 4.01. The molecule has 5 heteroatoms. The highest BCUT2D eigenvalue weighted by Gasteiger charge is 2.11. The fraction of sp³-hybridized carbons (Fsp3) is 0.238. The molecule has 0 aliphatic rings. The average Bonchev–Trinajstić information content (AvgIpc) is 3.15. The third-order valence-corrected chi connectivity index (χ3v) is 3.51. The maximum atomic E-state index is 9.45. The predicted molar refractivity (Wildman–Crippen MR) is 105 cm³/mol. The lowest BCUT2D eigenvalue weighted by atomic mass is 10.1. The van der Waals surface area contributed by atoms with Gasteiger partial charge in [-0.3, -0.25) is 0 Å². The number of carbonyl (C=O) groups is 1. The van der Waals surface area contributed by atoms with E-state index in [-0.39, 0.29) is 12.4 Å². The molecule has 0 aliphatic heterocycles. The van der Waals surface area contributed by atoms with Crippen LogP contribution < -0.4 is 0 Å². The van der Waals surface area contributed by atoms with Crippen LogP contribution >= 0.6 is 0 Å². The van der Waals surface area contributed by atoms with Crippen molar-refractivity contribution in [1.82, 2.24) is 9.78 Å². The summed E-state index contributed by atoms with van der Waals surface area (Å²) >= 11 is 0. The number of aliphatic hydroxyl groups excluding tert-OH is 1. The molecule has 1 heterocycles. The summed E-state index contributed by atoms with van der Waals surface area (Å²) in [5.41, 5.74) is 3.92. The first-order valence-electron chi connectivity index (χ1n) is 8.61. The fourth-order valence-corrected chi connectivity index (χ4v) is 2.42. The minimum Gasteiger partial charge on any atom is -0.508 e. The van der Waals surface area contributed by atoms with Crippen LogP contribution in [0.2, 0.25) is 0 Å². The van der Waals surface area contributed by atoms with Gasteiger partial charge < -0.3 is 15.0 Å². The van der Waals surface area contributed by atoms with Crippen LogP contribution in [0.15, 0.2) is 60.7 Å². The van der Waals surface area contributed by atoms with Crippen molar-refractivity contribution >= 4 is 6.79 Å². The number of benzene rings is 2. The highest BCUT2D eigenvalue weighted by molar-refractivity contribution is 5.62. The molecule has 0 unspecified atom stereocenters. The second kappa shape index (κ2) is 11.6. The Hall–Kier alpha value is -2.92. The summed E-state index contributed by atoms with van der Waals surface area (Å²) < 4.78 is 1.88. The van der Waals surface area contributed by atoms with Crippen molar-refractivity contribution in [2.75, 3.05) is 6.61 Å². The number of nitrogens with zero attached hydrogens (tertiary/aromatic N) is 2. The third-order valence-electron chi connectivity index (χ3n) is 3.51. The molecule has 0 spiro atoms. The summed E-state index contributed by atoms with van der Waals surface area (Å²) in [6, 6.07) is 19.1. The summed E-state index contributed by atoms with van der Waals surface area (Å²) in [7, 11) is 0. The SMILES string of the molecule is C=O.CC.OCCCc1cc(-c2ccccc2)n(-c2ccc(O)cc2)n1. The first-order valence-corrected chi connectivity index (χ1v) is 8.61. The smallest absolute Gasteiger partial charge is 0.115 e. The molecule has 0 amide bonds. The molecule has 0 radical (unpaired) electrons. The Morgan fingerprint density at radius 2 is 1.62 bits per heavy atom. The van der Waals surface area contributed by atoms with Gasteiger partial charge in [-0.15, -0.1) is 0 Å². The van der Waals surface area contributed by atoms with Gasteiger partial charge in [0.2, 0.25) is 0 Å². The first kappa shape index (κ1) is 21.1. The van der Waals surface area contributed by atoms with Crippen molar-refractivity contribution in [1.29, 1.82) is 0 Å². The summed E-state index contributed by atoms with van der Waals surface area (Å²) in [4.78, 5) is 8.00. The quantitative estimate of drug-likeness (QED) is 0.726. The largest absolute Gasteiger partial charge is 0.508 e. The van der Waals surface area contributed by atoms with E-state index < -0.39 is 0 Å². The number of hydrogen-bond acceptors (Lipinski definition) is 4. The van der Waals surface area contributed by atoms with Crippen LogP contribution in [0.4, 0.5) is 0 Å². The van der Waals surface area contributed by atoms with Gasteiger partial charge in [0.1, 0.15) is 12.5 Å². The number of phenols is 1. The van der Waals surface area contributed by atoms with Gasteiger partial charge in [-0.05, 0) is 43.2 Å². The molecule has 26 heavy (non-hydrogen) atoms. The maximum absolute atomic E-state index is 9.45. The van der Waals surface area contributed by atoms with Gasteiger partial charge in [-0.2, -0.15) is 5.10 Å². The zero-order chi connectivity index (χ0) is 19.4. The molecule has 0 saturated carbocycles. The van der Waals surface area contributed by atoms with E-state index in [1.54, 1.807) is 12.1 Å². The summed E-state index contributed by atoms with van der Waals surface area (Å²) in [5.74, 6) is 0.234. The zero-order valence-electron chi connectivity index (χ0n) is 15.3. The zero-order valence-corrected chi connectivity index (χ0v) is 15.3. The van der Waals surface area contributed by atoms with Gasteiger partial charge in [0.05, 0.1) is 17.1 Å². The van der Waals surface area contributed by atoms with E-state index in [2.05, 4.69) is 11.2 Å². The molecular formula is C21H26N2O3. The summed E-state index contributed by atoms with van der Waals surface area (Å²) in [6.45, 7) is 6.16. The van der Waals surface area contributed by atoms with Crippen molar-refractivity contribution in [3.8, 4) is 22.7 Å². The van der Waals surface area contributed by atoms with Gasteiger partial charge >= 0.3 is 0 Å². The molecule has 5 nitrogen and oxygen atoms in total. The molecule has 138 valence electrons. The number of aryl methyl sites for hydroxylation is 1. The molecule has 0 bridgehead atoms. The molecule has 1 aromatic heterocycles. The van der Waals surface area contributed by atoms with Crippen LogP contribution in [0, 0.1) is 0 Å². The molecule has 0 saturated heterocycles. The topological polar surface area (TPSA) is 75.3 Å². The molecule has 0 atom stereocenters. The maximum Gasteiger partial charge on any atom is 0.115 e. The van der Waals surface area contributed by atoms with Crippen molar-refractivity contribution in [3.63, 3.8) is 0 Å². The van der Waals surface area contributed by atoms with Gasteiger partial charge in [0.15, 0.2) is 0 Å². The van der Waals surface area contributed by atoms with Crippen LogP contribution in [0.5, 0.6) is 5.75 Å². The number of carbonyl (C=O) groups excluding carboxylic acids is 1. The fourth-order valence-electron chi connectivity index (χ4n) is 2.42. The normalized spacial score (nSPS) is 9.50. The molecule has 3 aromatic rings. The van der Waals surface area contributed by atoms with E-state index in [4.69, 9.17) is 9.90 Å². The van der Waals surface area contributed by atoms with E-state index >= 15 is 0 Å². The minimum atomic E-state index is 0.159. The Kier molecular flexibility index (Phi) is 9.43. The Morgan fingerprint density at radius 3 is 2.19 bits per heavy atom. The molecule has 0 fully saturated rings. The Bertz CT molecular complexity index is 753. The lowest BCUT2D eigenvalue weighted by Gasteiger charge is -2.07. The second-order valence-electron chi connectivity index (χ2n) is 5.14. The monoisotopic (exact) mass is 354 g/mol. The van der Waals surface area contributed by atoms with Crippen molar-refractivity contribution < 1.29 is 15.0 Å². The molecule has 3 rings (SSSR count). The van der Waals surface area contributed by atoms with Crippen molar-refractivity contribution in [2.45, 2.75) is 26.7 Å². The van der Waals surface area contributed by atoms with Gasteiger partial charge in [0.25, 0.3) is 0 Å². The lowest BCUT2D eigenvalue weighted by molar-refractivity contribution is -0.0979. The molecule has 0 aliphatic carbocycles. The molecular weight excluding hydrogens is 328 g/mol. The van der Waals surface area contributed by atoms with Crippen molar-refractivity contribution in [3.05, 3.63) is 66.4 Å². The third kappa shape index (κ3) is 5.57. The standard InChI is InChI=1S/C18H18N2O2.C2H6.CH2O/c21-12-4-7-15-13-18(14-5-2-1-3-6-14)20(19-15)16-8-10-17(22)11-9-16;2*1-2/h1-3,5-6,8-11,13,21-22H,4,7,12H2;1-2H3;1H2. The van der Waals surface area contributed by atoms with Gasteiger partial charge in [-0.1, -0.05) is 44.2 Å². The number of aromatic hydroxyl groups is 1. The van der Waals surface area contributed by atoms with Gasteiger partial charge in [0, 0.05) is 12.2 Å². The second-order valence-corrected chi connectivity index (χ2v) is 5.14. The number of phenolic OH excluding ortho intramolecular Hbond substituents is 1. The van der Waals surface area contributed by atoms with E-state index in [0.29, 0.717) is 6.42 Å². The number of aromatic nitrogens is 2. The number of rotatable bonds is 5. The number of hydrogen-bond donors (Lipinski definition) is 2. The number of aliphatic hydroxyl groups is 1. The Morgan fingerprint density at radius 1 is 1.00 bits per heavy atom. The van der Waals surface area contributed by atoms with Crippen LogP contribution in [0.25, 0.3) is 16.9 Å². The van der Waals surface area contributed by atoms with Crippen LogP contribution in [-0.4, -0.2) is 33.4 Å². The minimum absolute atomic E-state index is 0.159. The highest BCUT2D eigenvalue weighted by Crippen LogP contribution is 2.25. The summed E-state index contributed by atoms with van der Waals surface area (Å²) in [6.07, 6.45) is 1.43. The van der Waals surface area contributed by atoms with E-state index in [1.807, 2.05) is 67.8 Å².